The first-order chi connectivity index (χ1) is 14.7. The highest BCUT2D eigenvalue weighted by atomic mass is 19.1. The Hall–Kier alpha value is -4.00. The van der Waals surface area contributed by atoms with Crippen LogP contribution in [-0.4, -0.2) is 23.2 Å². The molecule has 0 bridgehead atoms. The van der Waals surface area contributed by atoms with Crippen LogP contribution in [0, 0.1) is 5.82 Å². The van der Waals surface area contributed by atoms with E-state index >= 15 is 0 Å². The second-order valence-corrected chi connectivity index (χ2v) is 6.51. The van der Waals surface area contributed by atoms with Gasteiger partial charge in [0.05, 0.1) is 19.1 Å². The van der Waals surface area contributed by atoms with Gasteiger partial charge in [-0.15, -0.1) is 0 Å². The van der Waals surface area contributed by atoms with Crippen LogP contribution in [0.1, 0.15) is 5.56 Å². The fourth-order valence-corrected chi connectivity index (χ4v) is 3.10. The van der Waals surface area contributed by atoms with Gasteiger partial charge in [0, 0.05) is 11.8 Å². The molecule has 0 spiro atoms. The van der Waals surface area contributed by atoms with Crippen LogP contribution in [0.5, 0.6) is 5.75 Å². The zero-order chi connectivity index (χ0) is 20.9. The second kappa shape index (κ2) is 8.57. The lowest BCUT2D eigenvalue weighted by molar-refractivity contribution is -0.115. The number of amides is 1. The van der Waals surface area contributed by atoms with Crippen LogP contribution < -0.4 is 10.1 Å². The number of pyridine rings is 1. The summed E-state index contributed by atoms with van der Waals surface area (Å²) < 4.78 is 24.3. The first-order valence-corrected chi connectivity index (χ1v) is 9.24. The zero-order valence-electron chi connectivity index (χ0n) is 16.1. The standard InChI is InChI=1S/C23H18FN3O3/c1-29-18-8-5-13-25-22(18)20-21(16-9-11-17(24)12-10-16)27-30-23(20)26-19(28)14-15-6-3-2-4-7-15/h2-13H,14H2,1H3,(H,26,28). The molecule has 0 unspecified atom stereocenters. The number of nitrogens with one attached hydrogen (secondary N) is 1. The third-order valence-corrected chi connectivity index (χ3v) is 4.50. The van der Waals surface area contributed by atoms with Gasteiger partial charge in [0.2, 0.25) is 11.8 Å². The zero-order valence-corrected chi connectivity index (χ0v) is 16.1. The molecule has 0 fully saturated rings. The molecule has 2 aromatic carbocycles. The van der Waals surface area contributed by atoms with E-state index in [1.807, 2.05) is 30.3 Å². The topological polar surface area (TPSA) is 77.2 Å². The number of methoxy groups -OCH3 is 1. The van der Waals surface area contributed by atoms with E-state index in [0.29, 0.717) is 28.3 Å². The van der Waals surface area contributed by atoms with Crippen LogP contribution in [0.4, 0.5) is 10.3 Å². The van der Waals surface area contributed by atoms with Crippen molar-refractivity contribution in [1.82, 2.24) is 10.1 Å². The summed E-state index contributed by atoms with van der Waals surface area (Å²) >= 11 is 0. The first kappa shape index (κ1) is 19.3. The van der Waals surface area contributed by atoms with Crippen molar-refractivity contribution in [3.63, 3.8) is 0 Å². The van der Waals surface area contributed by atoms with Crippen LogP contribution in [0.2, 0.25) is 0 Å². The van der Waals surface area contributed by atoms with E-state index in [9.17, 15) is 9.18 Å². The maximum Gasteiger partial charge on any atom is 0.241 e. The lowest BCUT2D eigenvalue weighted by Crippen LogP contribution is -2.14. The highest BCUT2D eigenvalue weighted by Crippen LogP contribution is 2.40. The van der Waals surface area contributed by atoms with Crippen molar-refractivity contribution < 1.29 is 18.4 Å². The predicted octanol–water partition coefficient (Wildman–Crippen LogP) is 4.73. The van der Waals surface area contributed by atoms with E-state index in [0.717, 1.165) is 5.56 Å². The third-order valence-electron chi connectivity index (χ3n) is 4.50. The van der Waals surface area contributed by atoms with Crippen molar-refractivity contribution in [3.05, 3.63) is 84.3 Å². The molecule has 7 heteroatoms. The molecule has 2 heterocycles. The second-order valence-electron chi connectivity index (χ2n) is 6.51. The molecule has 1 N–H and O–H groups in total. The van der Waals surface area contributed by atoms with Gasteiger partial charge >= 0.3 is 0 Å². The minimum absolute atomic E-state index is 0.146. The average Bonchev–Trinajstić information content (AvgIpc) is 3.18. The lowest BCUT2D eigenvalue weighted by atomic mass is 10.0. The summed E-state index contributed by atoms with van der Waals surface area (Å²) in [5.41, 5.74) is 2.81. The Morgan fingerprint density at radius 2 is 1.80 bits per heavy atom. The van der Waals surface area contributed by atoms with Gasteiger partial charge in [0.15, 0.2) is 0 Å². The Bertz CT molecular complexity index is 1160. The normalized spacial score (nSPS) is 10.6. The molecule has 6 nitrogen and oxygen atoms in total. The number of carbonyl (C=O) groups excluding carboxylic acids is 1. The Balaban J connectivity index is 1.75. The van der Waals surface area contributed by atoms with Gasteiger partial charge in [0.1, 0.15) is 23.0 Å². The van der Waals surface area contributed by atoms with Crippen LogP contribution in [0.25, 0.3) is 22.5 Å². The number of ether oxygens (including phenoxy) is 1. The van der Waals surface area contributed by atoms with Crippen LogP contribution >= 0.6 is 0 Å². The quantitative estimate of drug-likeness (QED) is 0.504. The molecule has 0 atom stereocenters. The number of aromatic nitrogens is 2. The Labute approximate surface area is 172 Å². The van der Waals surface area contributed by atoms with Gasteiger partial charge in [-0.3, -0.25) is 15.1 Å². The van der Waals surface area contributed by atoms with E-state index in [1.54, 1.807) is 30.5 Å². The fraction of sp³-hybridized carbons (Fsp3) is 0.0870. The molecule has 30 heavy (non-hydrogen) atoms. The molecule has 0 aliphatic carbocycles. The van der Waals surface area contributed by atoms with E-state index in [2.05, 4.69) is 15.5 Å². The number of hydrogen-bond acceptors (Lipinski definition) is 5. The molecule has 1 amide bonds. The molecule has 150 valence electrons. The highest BCUT2D eigenvalue weighted by molar-refractivity contribution is 5.98. The molecule has 2 aromatic heterocycles. The predicted molar refractivity (Wildman–Crippen MR) is 110 cm³/mol. The van der Waals surface area contributed by atoms with Gasteiger partial charge in [-0.2, -0.15) is 0 Å². The van der Waals surface area contributed by atoms with Crippen molar-refractivity contribution in [2.75, 3.05) is 12.4 Å². The molecule has 0 aliphatic heterocycles. The Morgan fingerprint density at radius 1 is 1.03 bits per heavy atom. The fourth-order valence-electron chi connectivity index (χ4n) is 3.10. The van der Waals surface area contributed by atoms with E-state index in [-0.39, 0.29) is 24.0 Å². The monoisotopic (exact) mass is 403 g/mol. The van der Waals surface area contributed by atoms with E-state index in [4.69, 9.17) is 9.26 Å². The summed E-state index contributed by atoms with van der Waals surface area (Å²) in [6, 6.07) is 18.7. The number of benzene rings is 2. The molecule has 4 rings (SSSR count). The van der Waals surface area contributed by atoms with Crippen molar-refractivity contribution >= 4 is 11.8 Å². The summed E-state index contributed by atoms with van der Waals surface area (Å²) in [6.45, 7) is 0. The average molecular weight is 403 g/mol. The Morgan fingerprint density at radius 3 is 2.53 bits per heavy atom. The van der Waals surface area contributed by atoms with Crippen molar-refractivity contribution in [3.8, 4) is 28.3 Å². The minimum Gasteiger partial charge on any atom is -0.494 e. The SMILES string of the molecule is COc1cccnc1-c1c(-c2ccc(F)cc2)noc1NC(=O)Cc1ccccc1. The smallest absolute Gasteiger partial charge is 0.241 e. The summed E-state index contributed by atoms with van der Waals surface area (Å²) in [5.74, 6) is 0.00429. The summed E-state index contributed by atoms with van der Waals surface area (Å²) in [7, 11) is 1.53. The highest BCUT2D eigenvalue weighted by Gasteiger charge is 2.24. The van der Waals surface area contributed by atoms with Crippen molar-refractivity contribution in [2.45, 2.75) is 6.42 Å². The van der Waals surface area contributed by atoms with E-state index < -0.39 is 0 Å². The molecule has 0 aliphatic rings. The summed E-state index contributed by atoms with van der Waals surface area (Å²) in [4.78, 5) is 17.0. The van der Waals surface area contributed by atoms with Crippen molar-refractivity contribution in [1.29, 1.82) is 0 Å². The van der Waals surface area contributed by atoms with Gasteiger partial charge in [-0.25, -0.2) is 4.39 Å². The molecule has 4 aromatic rings. The largest absolute Gasteiger partial charge is 0.494 e. The summed E-state index contributed by atoms with van der Waals surface area (Å²) in [5, 5.41) is 6.89. The third kappa shape index (κ3) is 4.05. The lowest BCUT2D eigenvalue weighted by Gasteiger charge is -2.09. The number of anilines is 1. The molecule has 0 saturated heterocycles. The maximum atomic E-state index is 13.4. The van der Waals surface area contributed by atoms with E-state index in [1.165, 1.54) is 19.2 Å². The van der Waals surface area contributed by atoms with Gasteiger partial charge < -0.3 is 9.26 Å². The van der Waals surface area contributed by atoms with Gasteiger partial charge in [0.25, 0.3) is 0 Å². The maximum absolute atomic E-state index is 13.4. The number of carbonyl (C=O) groups is 1. The Kier molecular flexibility index (Phi) is 5.52. The van der Waals surface area contributed by atoms with Gasteiger partial charge in [-0.05, 0) is 42.0 Å². The van der Waals surface area contributed by atoms with Crippen LogP contribution in [-0.2, 0) is 11.2 Å². The van der Waals surface area contributed by atoms with Crippen molar-refractivity contribution in [2.24, 2.45) is 0 Å². The number of halogens is 1. The molecule has 0 saturated carbocycles. The molecule has 0 radical (unpaired) electrons. The number of nitrogens with zero attached hydrogens (tertiary/aromatic N) is 2. The number of hydrogen-bond donors (Lipinski definition) is 1. The van der Waals surface area contributed by atoms with Crippen LogP contribution in [0.3, 0.4) is 0 Å². The molecular weight excluding hydrogens is 385 g/mol. The minimum atomic E-state index is -0.365. The first-order valence-electron chi connectivity index (χ1n) is 9.24. The van der Waals surface area contributed by atoms with Crippen LogP contribution in [0.15, 0.2) is 77.4 Å². The van der Waals surface area contributed by atoms with Gasteiger partial charge in [-0.1, -0.05) is 35.5 Å². The molecular formula is C23H18FN3O3. The number of rotatable bonds is 6. The summed E-state index contributed by atoms with van der Waals surface area (Å²) in [6.07, 6.45) is 1.78.